The summed E-state index contributed by atoms with van der Waals surface area (Å²) < 4.78 is 31.7. The van der Waals surface area contributed by atoms with Crippen molar-refractivity contribution >= 4 is 23.7 Å². The molecule has 5 aliphatic rings. The van der Waals surface area contributed by atoms with Gasteiger partial charge >= 0.3 is 6.09 Å². The minimum atomic E-state index is -1.30. The average molecular weight is 599 g/mol. The number of amides is 3. The van der Waals surface area contributed by atoms with Crippen LogP contribution in [-0.4, -0.2) is 103 Å². The Morgan fingerprint density at radius 1 is 1.35 bits per heavy atom. The van der Waals surface area contributed by atoms with Gasteiger partial charge in [-0.2, -0.15) is 5.26 Å². The zero-order chi connectivity index (χ0) is 30.7. The maximum atomic E-state index is 15.2. The first-order valence-electron chi connectivity index (χ1n) is 14.9. The number of likely N-dealkylation sites (tertiary alicyclic amines) is 2. The van der Waals surface area contributed by atoms with Crippen molar-refractivity contribution in [3.8, 4) is 11.8 Å². The summed E-state index contributed by atoms with van der Waals surface area (Å²) in [6.07, 6.45) is 1.31. The molecule has 2 saturated carbocycles. The molecule has 2 saturated heterocycles. The van der Waals surface area contributed by atoms with Gasteiger partial charge in [-0.25, -0.2) is 14.2 Å². The van der Waals surface area contributed by atoms with Crippen LogP contribution in [0.4, 0.5) is 15.0 Å². The quantitative estimate of drug-likeness (QED) is 0.481. The number of alkyl carbamates (subject to hydrolysis) is 1. The number of alkyl halides is 1. The molecule has 6 rings (SSSR count). The smallest absolute Gasteiger partial charge is 0.407 e. The van der Waals surface area contributed by atoms with Gasteiger partial charge in [0.25, 0.3) is 5.91 Å². The number of hydrogen-bond acceptors (Lipinski definition) is 9. The summed E-state index contributed by atoms with van der Waals surface area (Å²) in [6.45, 7) is 4.72. The first-order chi connectivity index (χ1) is 20.5. The molecule has 2 aliphatic carbocycles. The Balaban J connectivity index is 1.31. The summed E-state index contributed by atoms with van der Waals surface area (Å²) in [7, 11) is 2.78. The van der Waals surface area contributed by atoms with Gasteiger partial charge in [0, 0.05) is 50.8 Å². The SMILES string of the molecule is COCC(C)(C)[C@H](NC(=O)OC)C(=O)N1C[C@@H]2[C@H]3C[C@@H]([C@@H]2[C@H]1CN1C[C@@]2(C[C@H]1C#N)Oc1cccnc1NC2=O)[C@H](F)C3. The van der Waals surface area contributed by atoms with Gasteiger partial charge in [-0.05, 0) is 48.6 Å². The molecule has 9 atom stereocenters. The van der Waals surface area contributed by atoms with E-state index in [0.29, 0.717) is 24.5 Å². The van der Waals surface area contributed by atoms with Crippen LogP contribution >= 0.6 is 0 Å². The number of anilines is 1. The van der Waals surface area contributed by atoms with Gasteiger partial charge in [-0.1, -0.05) is 13.8 Å². The highest BCUT2D eigenvalue weighted by Gasteiger charge is 2.63. The number of nitrogens with zero attached hydrogens (tertiary/aromatic N) is 4. The molecule has 13 heteroatoms. The molecular weight excluding hydrogens is 559 g/mol. The Kier molecular flexibility index (Phi) is 7.49. The fraction of sp³-hybridized carbons (Fsp3) is 0.700. The van der Waals surface area contributed by atoms with Crippen molar-refractivity contribution in [2.75, 3.05) is 45.8 Å². The van der Waals surface area contributed by atoms with Crippen LogP contribution in [0, 0.1) is 40.4 Å². The average Bonchev–Trinajstić information content (AvgIpc) is 3.72. The van der Waals surface area contributed by atoms with Crippen molar-refractivity contribution in [1.82, 2.24) is 20.1 Å². The largest absolute Gasteiger partial charge is 0.472 e. The molecule has 0 unspecified atom stereocenters. The van der Waals surface area contributed by atoms with Crippen molar-refractivity contribution in [2.24, 2.45) is 29.1 Å². The molecule has 3 amide bonds. The Hall–Kier alpha value is -3.50. The lowest BCUT2D eigenvalue weighted by Crippen LogP contribution is -2.59. The molecule has 0 aromatic carbocycles. The van der Waals surface area contributed by atoms with Crippen LogP contribution < -0.4 is 15.4 Å². The van der Waals surface area contributed by atoms with E-state index in [9.17, 15) is 19.6 Å². The first kappa shape index (κ1) is 29.6. The van der Waals surface area contributed by atoms with Crippen LogP contribution in [0.1, 0.15) is 33.1 Å². The monoisotopic (exact) mass is 598 g/mol. The second kappa shape index (κ2) is 10.9. The molecule has 1 aromatic heterocycles. The van der Waals surface area contributed by atoms with E-state index in [4.69, 9.17) is 14.2 Å². The van der Waals surface area contributed by atoms with Crippen molar-refractivity contribution in [2.45, 2.75) is 63.0 Å². The number of nitrogens with one attached hydrogen (secondary N) is 2. The number of carbonyl (C=O) groups is 3. The summed E-state index contributed by atoms with van der Waals surface area (Å²) in [5.74, 6) is 0.131. The number of pyridine rings is 1. The lowest BCUT2D eigenvalue weighted by molar-refractivity contribution is -0.139. The van der Waals surface area contributed by atoms with Gasteiger partial charge in [0.2, 0.25) is 11.5 Å². The van der Waals surface area contributed by atoms with Crippen molar-refractivity contribution in [3.05, 3.63) is 18.3 Å². The van der Waals surface area contributed by atoms with Crippen molar-refractivity contribution in [1.29, 1.82) is 5.26 Å². The molecule has 232 valence electrons. The van der Waals surface area contributed by atoms with E-state index in [2.05, 4.69) is 21.7 Å². The zero-order valence-corrected chi connectivity index (χ0v) is 24.9. The lowest BCUT2D eigenvalue weighted by atomic mass is 9.77. The van der Waals surface area contributed by atoms with E-state index in [1.54, 1.807) is 23.2 Å². The summed E-state index contributed by atoms with van der Waals surface area (Å²) in [6, 6.07) is 3.73. The topological polar surface area (TPSA) is 146 Å². The molecule has 0 radical (unpaired) electrons. The minimum Gasteiger partial charge on any atom is -0.472 e. The second-order valence-corrected chi connectivity index (χ2v) is 13.4. The molecule has 4 fully saturated rings. The molecule has 43 heavy (non-hydrogen) atoms. The standard InChI is InChI=1S/C30H39FN6O6/c1-29(2,15-41-3)24(34-28(40)42-4)26(38)37-12-19-16-8-18(20(31)9-16)23(19)21(37)13-36-14-30(10-17(36)11-32)27(39)35-25-22(43-30)6-5-7-33-25/h5-7,16-21,23-24H,8-10,12-15H2,1-4H3,(H,34,40)(H,33,35,39)/t16-,17-,18+,19+,20+,21+,23-,24+,30+/m0/s1. The third-order valence-electron chi connectivity index (χ3n) is 10.4. The highest BCUT2D eigenvalue weighted by Crippen LogP contribution is 2.59. The number of fused-ring (bicyclic) bond motifs is 6. The number of nitriles is 1. The van der Waals surface area contributed by atoms with Gasteiger partial charge in [-0.15, -0.1) is 0 Å². The summed E-state index contributed by atoms with van der Waals surface area (Å²) in [5, 5.41) is 15.7. The van der Waals surface area contributed by atoms with E-state index in [-0.39, 0.29) is 61.6 Å². The molecule has 3 aliphatic heterocycles. The molecular formula is C30H39FN6O6. The van der Waals surface area contributed by atoms with E-state index in [1.807, 2.05) is 18.7 Å². The number of hydrogen-bond donors (Lipinski definition) is 2. The molecule has 12 nitrogen and oxygen atoms in total. The fourth-order valence-corrected chi connectivity index (χ4v) is 8.50. The summed E-state index contributed by atoms with van der Waals surface area (Å²) in [4.78, 5) is 48.0. The second-order valence-electron chi connectivity index (χ2n) is 13.4. The maximum absolute atomic E-state index is 15.2. The zero-order valence-electron chi connectivity index (χ0n) is 24.9. The third-order valence-corrected chi connectivity index (χ3v) is 10.4. The van der Waals surface area contributed by atoms with E-state index in [0.717, 1.165) is 6.42 Å². The van der Waals surface area contributed by atoms with Crippen LogP contribution in [0.15, 0.2) is 18.3 Å². The number of carbonyl (C=O) groups excluding carboxylic acids is 3. The Labute approximate surface area is 250 Å². The molecule has 4 heterocycles. The Morgan fingerprint density at radius 3 is 2.86 bits per heavy atom. The highest BCUT2D eigenvalue weighted by molar-refractivity contribution is 6.00. The molecule has 2 bridgehead atoms. The lowest BCUT2D eigenvalue weighted by Gasteiger charge is -2.40. The highest BCUT2D eigenvalue weighted by atomic mass is 19.1. The number of methoxy groups -OCH3 is 2. The van der Waals surface area contributed by atoms with Gasteiger partial charge in [0.15, 0.2) is 11.6 Å². The maximum Gasteiger partial charge on any atom is 0.407 e. The van der Waals surface area contributed by atoms with Crippen LogP contribution in [0.2, 0.25) is 0 Å². The number of ether oxygens (including phenoxy) is 3. The van der Waals surface area contributed by atoms with Gasteiger partial charge in [-0.3, -0.25) is 14.5 Å². The Bertz CT molecular complexity index is 1340. The van der Waals surface area contributed by atoms with Crippen molar-refractivity contribution < 1.29 is 33.0 Å². The van der Waals surface area contributed by atoms with Gasteiger partial charge in [0.05, 0.1) is 19.8 Å². The van der Waals surface area contributed by atoms with Crippen LogP contribution in [-0.2, 0) is 19.1 Å². The van der Waals surface area contributed by atoms with E-state index in [1.165, 1.54) is 14.2 Å². The van der Waals surface area contributed by atoms with Crippen LogP contribution in [0.5, 0.6) is 5.75 Å². The molecule has 1 aromatic rings. The molecule has 2 N–H and O–H groups in total. The predicted octanol–water partition coefficient (Wildman–Crippen LogP) is 1.97. The minimum absolute atomic E-state index is 0.0936. The first-order valence-corrected chi connectivity index (χ1v) is 14.9. The Morgan fingerprint density at radius 2 is 2.14 bits per heavy atom. The number of aromatic nitrogens is 1. The summed E-state index contributed by atoms with van der Waals surface area (Å²) in [5.41, 5.74) is -2.08. The third kappa shape index (κ3) is 4.88. The molecule has 1 spiro atoms. The number of halogens is 1. The normalized spacial score (nSPS) is 35.1. The van der Waals surface area contributed by atoms with Crippen LogP contribution in [0.3, 0.4) is 0 Å². The predicted molar refractivity (Wildman–Crippen MR) is 150 cm³/mol. The van der Waals surface area contributed by atoms with Crippen molar-refractivity contribution in [3.63, 3.8) is 0 Å². The van der Waals surface area contributed by atoms with Gasteiger partial charge < -0.3 is 29.7 Å². The van der Waals surface area contributed by atoms with E-state index >= 15 is 4.39 Å². The fourth-order valence-electron chi connectivity index (χ4n) is 8.50. The number of rotatable bonds is 7. The van der Waals surface area contributed by atoms with Gasteiger partial charge in [0.1, 0.15) is 18.3 Å². The van der Waals surface area contributed by atoms with Crippen LogP contribution in [0.25, 0.3) is 0 Å². The van der Waals surface area contributed by atoms with E-state index < -0.39 is 41.4 Å². The summed E-state index contributed by atoms with van der Waals surface area (Å²) >= 11 is 0.